The van der Waals surface area contributed by atoms with Crippen LogP contribution in [-0.4, -0.2) is 29.3 Å². The molecule has 0 saturated carbocycles. The lowest BCUT2D eigenvalue weighted by Crippen LogP contribution is -2.49. The Morgan fingerprint density at radius 2 is 1.68 bits per heavy atom. The van der Waals surface area contributed by atoms with Crippen molar-refractivity contribution in [2.45, 2.75) is 52.1 Å². The predicted molar refractivity (Wildman–Crippen MR) is 114 cm³/mol. The molecule has 1 atom stereocenters. The van der Waals surface area contributed by atoms with Crippen LogP contribution < -0.4 is 5.32 Å². The summed E-state index contributed by atoms with van der Waals surface area (Å²) in [6, 6.07) is 16.5. The van der Waals surface area contributed by atoms with Crippen LogP contribution in [0.3, 0.4) is 0 Å². The summed E-state index contributed by atoms with van der Waals surface area (Å²) < 4.78 is 0. The highest BCUT2D eigenvalue weighted by Gasteiger charge is 2.28. The molecule has 2 aromatic carbocycles. The summed E-state index contributed by atoms with van der Waals surface area (Å²) in [7, 11) is 0. The molecule has 0 fully saturated rings. The van der Waals surface area contributed by atoms with Gasteiger partial charge in [0, 0.05) is 18.1 Å². The fourth-order valence-electron chi connectivity index (χ4n) is 3.08. The van der Waals surface area contributed by atoms with Gasteiger partial charge >= 0.3 is 0 Å². The largest absolute Gasteiger partial charge is 0.354 e. The topological polar surface area (TPSA) is 49.4 Å². The van der Waals surface area contributed by atoms with E-state index in [0.717, 1.165) is 24.0 Å². The first-order valence-corrected chi connectivity index (χ1v) is 10.3. The Morgan fingerprint density at radius 3 is 2.29 bits per heavy atom. The van der Waals surface area contributed by atoms with E-state index in [0.29, 0.717) is 24.5 Å². The van der Waals surface area contributed by atoms with Gasteiger partial charge in [0.2, 0.25) is 11.8 Å². The molecule has 1 N–H and O–H groups in total. The molecule has 0 saturated heterocycles. The number of nitrogens with zero attached hydrogens (tertiary/aromatic N) is 1. The third kappa shape index (κ3) is 6.68. The molecule has 2 aromatic rings. The molecule has 0 bridgehead atoms. The number of unbranched alkanes of at least 4 members (excludes halogenated alkanes) is 1. The molecule has 0 heterocycles. The Kier molecular flexibility index (Phi) is 9.02. The zero-order valence-corrected chi connectivity index (χ0v) is 17.4. The molecule has 0 spiro atoms. The van der Waals surface area contributed by atoms with Gasteiger partial charge in [-0.3, -0.25) is 9.59 Å². The van der Waals surface area contributed by atoms with Gasteiger partial charge < -0.3 is 10.2 Å². The summed E-state index contributed by atoms with van der Waals surface area (Å²) in [5.74, 6) is -0.148. The van der Waals surface area contributed by atoms with E-state index in [1.165, 1.54) is 0 Å². The maximum absolute atomic E-state index is 13.1. The second-order valence-corrected chi connectivity index (χ2v) is 7.32. The fraction of sp³-hybridized carbons (Fsp3) is 0.391. The van der Waals surface area contributed by atoms with Crippen molar-refractivity contribution in [3.8, 4) is 0 Å². The zero-order valence-electron chi connectivity index (χ0n) is 16.7. The second-order valence-electron chi connectivity index (χ2n) is 6.88. The highest BCUT2D eigenvalue weighted by Crippen LogP contribution is 2.16. The smallest absolute Gasteiger partial charge is 0.242 e. The average molecular weight is 401 g/mol. The van der Waals surface area contributed by atoms with E-state index >= 15 is 0 Å². The van der Waals surface area contributed by atoms with Crippen molar-refractivity contribution in [3.63, 3.8) is 0 Å². The average Bonchev–Trinajstić information content (AvgIpc) is 2.70. The Morgan fingerprint density at radius 1 is 1.00 bits per heavy atom. The van der Waals surface area contributed by atoms with Crippen LogP contribution in [-0.2, 0) is 22.6 Å². The lowest BCUT2D eigenvalue weighted by atomic mass is 10.1. The molecule has 4 nitrogen and oxygen atoms in total. The van der Waals surface area contributed by atoms with E-state index in [1.54, 1.807) is 17.0 Å². The molecule has 0 aliphatic carbocycles. The summed E-state index contributed by atoms with van der Waals surface area (Å²) in [5.41, 5.74) is 1.89. The van der Waals surface area contributed by atoms with Crippen molar-refractivity contribution in [3.05, 3.63) is 70.7 Å². The Bertz CT molecular complexity index is 747. The van der Waals surface area contributed by atoms with Gasteiger partial charge in [-0.2, -0.15) is 0 Å². The van der Waals surface area contributed by atoms with Gasteiger partial charge in [-0.15, -0.1) is 0 Å². The number of halogens is 1. The lowest BCUT2D eigenvalue weighted by Gasteiger charge is -2.31. The number of hydrogen-bond acceptors (Lipinski definition) is 2. The summed E-state index contributed by atoms with van der Waals surface area (Å²) in [5, 5.41) is 3.62. The van der Waals surface area contributed by atoms with Gasteiger partial charge in [0.25, 0.3) is 0 Å². The number of carbonyl (C=O) groups is 2. The van der Waals surface area contributed by atoms with Crippen LogP contribution in [0.2, 0.25) is 5.02 Å². The Balaban J connectivity index is 2.21. The van der Waals surface area contributed by atoms with Crippen molar-refractivity contribution in [1.29, 1.82) is 0 Å². The number of carbonyl (C=O) groups excluding carboxylic acids is 2. The van der Waals surface area contributed by atoms with Gasteiger partial charge in [0.1, 0.15) is 6.04 Å². The number of nitrogens with one attached hydrogen (secondary N) is 1. The maximum atomic E-state index is 13.1. The molecule has 5 heteroatoms. The van der Waals surface area contributed by atoms with Crippen LogP contribution >= 0.6 is 11.6 Å². The third-order valence-electron chi connectivity index (χ3n) is 4.68. The Labute approximate surface area is 172 Å². The molecule has 0 unspecified atom stereocenters. The van der Waals surface area contributed by atoms with Crippen molar-refractivity contribution in [1.82, 2.24) is 10.2 Å². The molecular formula is C23H29ClN2O2. The number of benzene rings is 2. The van der Waals surface area contributed by atoms with E-state index in [1.807, 2.05) is 49.4 Å². The first-order valence-electron chi connectivity index (χ1n) is 9.90. The highest BCUT2D eigenvalue weighted by molar-refractivity contribution is 6.30. The minimum absolute atomic E-state index is 0.0568. The van der Waals surface area contributed by atoms with Crippen molar-refractivity contribution in [2.24, 2.45) is 0 Å². The summed E-state index contributed by atoms with van der Waals surface area (Å²) in [6.45, 7) is 5.03. The van der Waals surface area contributed by atoms with E-state index in [2.05, 4.69) is 12.2 Å². The molecule has 2 amide bonds. The standard InChI is InChI=1S/C23H29ClN2O2/c1-3-5-15-25-23(28)21(4-2)26(17-19-11-13-20(24)14-12-19)22(27)16-18-9-7-6-8-10-18/h6-14,21H,3-5,15-17H2,1-2H3,(H,25,28)/t21-/m1/s1. The minimum Gasteiger partial charge on any atom is -0.354 e. The third-order valence-corrected chi connectivity index (χ3v) is 4.93. The zero-order chi connectivity index (χ0) is 20.4. The SMILES string of the molecule is CCCCNC(=O)[C@@H](CC)N(Cc1ccc(Cl)cc1)C(=O)Cc1ccccc1. The van der Waals surface area contributed by atoms with Gasteiger partial charge in [0.05, 0.1) is 6.42 Å². The van der Waals surface area contributed by atoms with Crippen LogP contribution in [0.5, 0.6) is 0 Å². The predicted octanol–water partition coefficient (Wildman–Crippen LogP) is 4.61. The monoisotopic (exact) mass is 400 g/mol. The minimum atomic E-state index is -0.497. The van der Waals surface area contributed by atoms with Crippen LogP contribution in [0.15, 0.2) is 54.6 Å². The van der Waals surface area contributed by atoms with Gasteiger partial charge in [0.15, 0.2) is 0 Å². The van der Waals surface area contributed by atoms with Crippen LogP contribution in [0.25, 0.3) is 0 Å². The van der Waals surface area contributed by atoms with Gasteiger partial charge in [-0.05, 0) is 36.1 Å². The van der Waals surface area contributed by atoms with Gasteiger partial charge in [-0.1, -0.05) is 74.3 Å². The fourth-order valence-corrected chi connectivity index (χ4v) is 3.21. The van der Waals surface area contributed by atoms with Gasteiger partial charge in [-0.25, -0.2) is 0 Å². The van der Waals surface area contributed by atoms with E-state index in [9.17, 15) is 9.59 Å². The number of amides is 2. The van der Waals surface area contributed by atoms with Crippen molar-refractivity contribution >= 4 is 23.4 Å². The van der Waals surface area contributed by atoms with E-state index < -0.39 is 6.04 Å². The summed E-state index contributed by atoms with van der Waals surface area (Å²) in [6.07, 6.45) is 2.77. The van der Waals surface area contributed by atoms with Crippen molar-refractivity contribution in [2.75, 3.05) is 6.54 Å². The molecule has 2 rings (SSSR count). The molecule has 0 radical (unpaired) electrons. The maximum Gasteiger partial charge on any atom is 0.242 e. The first-order chi connectivity index (χ1) is 13.5. The Hall–Kier alpha value is -2.33. The molecule has 150 valence electrons. The summed E-state index contributed by atoms with van der Waals surface area (Å²) in [4.78, 5) is 27.6. The number of rotatable bonds is 10. The lowest BCUT2D eigenvalue weighted by molar-refractivity contribution is -0.140. The molecule has 28 heavy (non-hydrogen) atoms. The molecular weight excluding hydrogens is 372 g/mol. The first kappa shape index (κ1) is 22.0. The molecule has 0 aromatic heterocycles. The van der Waals surface area contributed by atoms with Crippen LogP contribution in [0.4, 0.5) is 0 Å². The van der Waals surface area contributed by atoms with E-state index in [4.69, 9.17) is 11.6 Å². The normalized spacial score (nSPS) is 11.7. The van der Waals surface area contributed by atoms with E-state index in [-0.39, 0.29) is 18.2 Å². The molecule has 0 aliphatic heterocycles. The quantitative estimate of drug-likeness (QED) is 0.592. The second kappa shape index (κ2) is 11.5. The summed E-state index contributed by atoms with van der Waals surface area (Å²) >= 11 is 5.98. The highest BCUT2D eigenvalue weighted by atomic mass is 35.5. The van der Waals surface area contributed by atoms with Crippen molar-refractivity contribution < 1.29 is 9.59 Å². The van der Waals surface area contributed by atoms with Crippen LogP contribution in [0, 0.1) is 0 Å². The number of hydrogen-bond donors (Lipinski definition) is 1. The van der Waals surface area contributed by atoms with Crippen LogP contribution in [0.1, 0.15) is 44.2 Å². The molecule has 0 aliphatic rings.